The van der Waals surface area contributed by atoms with E-state index in [4.69, 9.17) is 23.2 Å². The van der Waals surface area contributed by atoms with Crippen LogP contribution in [0.3, 0.4) is 0 Å². The molecular formula is C21H24Cl2N4O6S. The van der Waals surface area contributed by atoms with Crippen LogP contribution in [-0.2, 0) is 26.2 Å². The summed E-state index contributed by atoms with van der Waals surface area (Å²) in [5.41, 5.74) is 0.187. The molecule has 0 aromatic heterocycles. The first-order chi connectivity index (χ1) is 15.8. The first-order valence-electron chi connectivity index (χ1n) is 10.1. The fourth-order valence-electron chi connectivity index (χ4n) is 3.11. The van der Waals surface area contributed by atoms with Crippen LogP contribution in [0.2, 0.25) is 10.0 Å². The van der Waals surface area contributed by atoms with Gasteiger partial charge in [0.25, 0.3) is 5.69 Å². The van der Waals surface area contributed by atoms with E-state index in [9.17, 15) is 28.1 Å². The van der Waals surface area contributed by atoms with Gasteiger partial charge in [0.05, 0.1) is 26.9 Å². The molecule has 2 aromatic rings. The summed E-state index contributed by atoms with van der Waals surface area (Å²) < 4.78 is 25.7. The SMILES string of the molecule is CCNC(=O)C(C)N(Cc1ccc(Cl)c(Cl)c1)C(=O)CN(c1cccc([N+](=O)[O-])c1)S(C)(=O)=O. The van der Waals surface area contributed by atoms with E-state index in [1.54, 1.807) is 25.1 Å². The van der Waals surface area contributed by atoms with E-state index in [2.05, 4.69) is 5.32 Å². The molecule has 0 aliphatic heterocycles. The number of halogens is 2. The number of nitrogens with one attached hydrogen (secondary N) is 1. The standard InChI is InChI=1S/C21H24Cl2N4O6S/c1-4-24-21(29)14(2)25(12-15-8-9-18(22)19(23)10-15)20(28)13-26(34(3,32)33)16-6-5-7-17(11-16)27(30)31/h5-11,14H,4,12-13H2,1-3H3,(H,24,29). The number of amides is 2. The Balaban J connectivity index is 2.44. The van der Waals surface area contributed by atoms with Crippen molar-refractivity contribution in [2.75, 3.05) is 23.7 Å². The number of sulfonamides is 1. The highest BCUT2D eigenvalue weighted by molar-refractivity contribution is 7.92. The summed E-state index contributed by atoms with van der Waals surface area (Å²) in [6.45, 7) is 2.84. The van der Waals surface area contributed by atoms with Gasteiger partial charge < -0.3 is 10.2 Å². The second-order valence-electron chi connectivity index (χ2n) is 7.39. The number of non-ortho nitro benzene ring substituents is 1. The molecule has 1 atom stereocenters. The van der Waals surface area contributed by atoms with Gasteiger partial charge in [0.2, 0.25) is 21.8 Å². The molecule has 2 aromatic carbocycles. The zero-order valence-corrected chi connectivity index (χ0v) is 21.0. The van der Waals surface area contributed by atoms with E-state index in [0.717, 1.165) is 16.6 Å². The quantitative estimate of drug-likeness (QED) is 0.370. The van der Waals surface area contributed by atoms with Crippen molar-refractivity contribution in [1.82, 2.24) is 10.2 Å². The second kappa shape index (κ2) is 11.5. The van der Waals surface area contributed by atoms with Crippen molar-refractivity contribution in [3.63, 3.8) is 0 Å². The number of nitro benzene ring substituents is 1. The van der Waals surface area contributed by atoms with Crippen molar-refractivity contribution in [3.8, 4) is 0 Å². The van der Waals surface area contributed by atoms with E-state index in [-0.39, 0.29) is 22.9 Å². The minimum atomic E-state index is -4.01. The lowest BCUT2D eigenvalue weighted by atomic mass is 10.1. The summed E-state index contributed by atoms with van der Waals surface area (Å²) >= 11 is 12.0. The fourth-order valence-corrected chi connectivity index (χ4v) is 4.28. The third-order valence-corrected chi connectivity index (χ3v) is 6.74. The van der Waals surface area contributed by atoms with Crippen LogP contribution in [0.15, 0.2) is 42.5 Å². The molecule has 10 nitrogen and oxygen atoms in total. The lowest BCUT2D eigenvalue weighted by molar-refractivity contribution is -0.384. The lowest BCUT2D eigenvalue weighted by Crippen LogP contribution is -2.51. The van der Waals surface area contributed by atoms with Gasteiger partial charge >= 0.3 is 0 Å². The van der Waals surface area contributed by atoms with Gasteiger partial charge in [-0.3, -0.25) is 24.0 Å². The van der Waals surface area contributed by atoms with Gasteiger partial charge in [-0.05, 0) is 37.6 Å². The minimum Gasteiger partial charge on any atom is -0.355 e. The topological polar surface area (TPSA) is 130 Å². The van der Waals surface area contributed by atoms with E-state index >= 15 is 0 Å². The highest BCUT2D eigenvalue weighted by Crippen LogP contribution is 2.25. The molecule has 2 rings (SSSR count). The summed E-state index contributed by atoms with van der Waals surface area (Å²) in [7, 11) is -4.01. The zero-order chi connectivity index (χ0) is 25.6. The number of hydrogen-bond acceptors (Lipinski definition) is 6. The van der Waals surface area contributed by atoms with Crippen LogP contribution in [0.1, 0.15) is 19.4 Å². The summed E-state index contributed by atoms with van der Waals surface area (Å²) in [5, 5.41) is 14.3. The van der Waals surface area contributed by atoms with Gasteiger partial charge in [0, 0.05) is 25.2 Å². The number of hydrogen-bond donors (Lipinski definition) is 1. The Morgan fingerprint density at radius 3 is 2.38 bits per heavy atom. The Kier molecular flexibility index (Phi) is 9.25. The van der Waals surface area contributed by atoms with E-state index in [1.807, 2.05) is 0 Å². The lowest BCUT2D eigenvalue weighted by Gasteiger charge is -2.31. The molecule has 2 amide bonds. The smallest absolute Gasteiger partial charge is 0.271 e. The maximum Gasteiger partial charge on any atom is 0.271 e. The molecule has 0 fully saturated rings. The summed E-state index contributed by atoms with van der Waals surface area (Å²) in [6, 6.07) is 8.71. The van der Waals surface area contributed by atoms with Crippen LogP contribution < -0.4 is 9.62 Å². The molecule has 0 aliphatic rings. The van der Waals surface area contributed by atoms with E-state index in [0.29, 0.717) is 17.1 Å². The van der Waals surface area contributed by atoms with Gasteiger partial charge in [-0.1, -0.05) is 35.3 Å². The Morgan fingerprint density at radius 1 is 1.15 bits per heavy atom. The summed E-state index contributed by atoms with van der Waals surface area (Å²) in [6.07, 6.45) is 0.885. The maximum atomic E-state index is 13.3. The van der Waals surface area contributed by atoms with Gasteiger partial charge in [0.1, 0.15) is 12.6 Å². The second-order valence-corrected chi connectivity index (χ2v) is 10.1. The van der Waals surface area contributed by atoms with Gasteiger partial charge in [-0.2, -0.15) is 0 Å². The van der Waals surface area contributed by atoms with Crippen LogP contribution in [0.25, 0.3) is 0 Å². The first-order valence-corrected chi connectivity index (χ1v) is 12.7. The zero-order valence-electron chi connectivity index (χ0n) is 18.7. The molecule has 1 unspecified atom stereocenters. The summed E-state index contributed by atoms with van der Waals surface area (Å²) in [4.78, 5) is 37.5. The third-order valence-electron chi connectivity index (χ3n) is 4.86. The maximum absolute atomic E-state index is 13.3. The number of carbonyl (C=O) groups is 2. The van der Waals surface area contributed by atoms with E-state index in [1.165, 1.54) is 30.0 Å². The first kappa shape index (κ1) is 27.4. The molecule has 0 heterocycles. The average Bonchev–Trinajstić information content (AvgIpc) is 2.77. The molecule has 0 saturated carbocycles. The van der Waals surface area contributed by atoms with Crippen molar-refractivity contribution in [2.45, 2.75) is 26.4 Å². The molecule has 0 spiro atoms. The monoisotopic (exact) mass is 530 g/mol. The van der Waals surface area contributed by atoms with Crippen LogP contribution in [0.5, 0.6) is 0 Å². The van der Waals surface area contributed by atoms with Crippen molar-refractivity contribution >= 4 is 56.4 Å². The number of nitro groups is 1. The van der Waals surface area contributed by atoms with Crippen LogP contribution in [0.4, 0.5) is 11.4 Å². The number of carbonyl (C=O) groups excluding carboxylic acids is 2. The van der Waals surface area contributed by atoms with E-state index < -0.39 is 39.3 Å². The normalized spacial score (nSPS) is 12.0. The van der Waals surface area contributed by atoms with Crippen molar-refractivity contribution in [1.29, 1.82) is 0 Å². The largest absolute Gasteiger partial charge is 0.355 e. The number of likely N-dealkylation sites (N-methyl/N-ethyl adjacent to an activating group) is 1. The molecular weight excluding hydrogens is 507 g/mol. The Bertz CT molecular complexity index is 1190. The average molecular weight is 531 g/mol. The Labute approximate surface area is 207 Å². The number of benzene rings is 2. The predicted molar refractivity (Wildman–Crippen MR) is 130 cm³/mol. The third kappa shape index (κ3) is 7.05. The Hall–Kier alpha value is -2.89. The molecule has 0 saturated heterocycles. The van der Waals surface area contributed by atoms with Crippen LogP contribution in [-0.4, -0.2) is 55.4 Å². The molecule has 0 radical (unpaired) electrons. The minimum absolute atomic E-state index is 0.0507. The summed E-state index contributed by atoms with van der Waals surface area (Å²) in [5.74, 6) is -1.13. The van der Waals surface area contributed by atoms with Crippen molar-refractivity contribution in [3.05, 3.63) is 68.2 Å². The number of anilines is 1. The molecule has 0 aliphatic carbocycles. The molecule has 34 heavy (non-hydrogen) atoms. The molecule has 13 heteroatoms. The van der Waals surface area contributed by atoms with Gasteiger partial charge in [-0.25, -0.2) is 8.42 Å². The molecule has 0 bridgehead atoms. The van der Waals surface area contributed by atoms with Crippen LogP contribution >= 0.6 is 23.2 Å². The fraction of sp³-hybridized carbons (Fsp3) is 0.333. The molecule has 1 N–H and O–H groups in total. The number of nitrogens with zero attached hydrogens (tertiary/aromatic N) is 3. The Morgan fingerprint density at radius 2 is 1.82 bits per heavy atom. The van der Waals surface area contributed by atoms with Crippen LogP contribution in [0, 0.1) is 10.1 Å². The predicted octanol–water partition coefficient (Wildman–Crippen LogP) is 3.22. The van der Waals surface area contributed by atoms with Crippen molar-refractivity contribution < 1.29 is 22.9 Å². The highest BCUT2D eigenvalue weighted by atomic mass is 35.5. The van der Waals surface area contributed by atoms with Gasteiger partial charge in [0.15, 0.2) is 0 Å². The highest BCUT2D eigenvalue weighted by Gasteiger charge is 2.30. The molecule has 184 valence electrons. The van der Waals surface area contributed by atoms with Crippen molar-refractivity contribution in [2.24, 2.45) is 0 Å². The van der Waals surface area contributed by atoms with Gasteiger partial charge in [-0.15, -0.1) is 0 Å². The number of rotatable bonds is 10.